The van der Waals surface area contributed by atoms with Crippen LogP contribution in [-0.4, -0.2) is 67.8 Å². The first-order valence-electron chi connectivity index (χ1n) is 11.6. The summed E-state index contributed by atoms with van der Waals surface area (Å²) in [5, 5.41) is 12.8. The molecule has 192 valence electrons. The van der Waals surface area contributed by atoms with Crippen molar-refractivity contribution in [3.63, 3.8) is 0 Å². The predicted octanol–water partition coefficient (Wildman–Crippen LogP) is 3.77. The molecule has 0 bridgehead atoms. The first-order valence-corrected chi connectivity index (χ1v) is 15.7. The van der Waals surface area contributed by atoms with E-state index in [0.717, 1.165) is 16.5 Å². The maximum absolute atomic E-state index is 13.8. The maximum Gasteiger partial charge on any atom is 0.327 e. The van der Waals surface area contributed by atoms with Gasteiger partial charge in [0.25, 0.3) is 11.8 Å². The summed E-state index contributed by atoms with van der Waals surface area (Å²) >= 11 is 6.17. The van der Waals surface area contributed by atoms with Crippen molar-refractivity contribution in [3.05, 3.63) is 58.1 Å². The molecule has 0 spiro atoms. The van der Waals surface area contributed by atoms with Gasteiger partial charge in [-0.2, -0.15) is 0 Å². The van der Waals surface area contributed by atoms with Crippen molar-refractivity contribution >= 4 is 37.5 Å². The highest BCUT2D eigenvalue weighted by Gasteiger charge is 2.54. The van der Waals surface area contributed by atoms with Gasteiger partial charge in [0.2, 0.25) is 0 Å². The number of nitrogens with zero attached hydrogens (tertiary/aromatic N) is 2. The van der Waals surface area contributed by atoms with Crippen molar-refractivity contribution in [2.45, 2.75) is 37.8 Å². The molecule has 11 heteroatoms. The Hall–Kier alpha value is -3.08. The molecule has 0 unspecified atom stereocenters. The van der Waals surface area contributed by atoms with Crippen LogP contribution < -0.4 is 10.1 Å². The Bertz CT molecular complexity index is 1220. The molecule has 1 saturated heterocycles. The number of methoxy groups -OCH3 is 1. The van der Waals surface area contributed by atoms with Gasteiger partial charge in [0, 0.05) is 26.8 Å². The second kappa shape index (κ2) is 9.76. The topological polar surface area (TPSA) is 108 Å². The lowest BCUT2D eigenvalue weighted by Crippen LogP contribution is -2.53. The molecular formula is C25H30ClN3O6Si. The lowest BCUT2D eigenvalue weighted by molar-refractivity contribution is -0.135. The average Bonchev–Trinajstić information content (AvgIpc) is 3.25. The van der Waals surface area contributed by atoms with Gasteiger partial charge in [-0.05, 0) is 41.4 Å². The van der Waals surface area contributed by atoms with E-state index in [0.29, 0.717) is 23.5 Å². The minimum Gasteiger partial charge on any atom is -0.506 e. The second-order valence-corrected chi connectivity index (χ2v) is 16.3. The van der Waals surface area contributed by atoms with Crippen LogP contribution in [0.2, 0.25) is 30.7 Å². The van der Waals surface area contributed by atoms with Gasteiger partial charge in [-0.1, -0.05) is 43.4 Å². The summed E-state index contributed by atoms with van der Waals surface area (Å²) in [5.41, 5.74) is 0.0346. The van der Waals surface area contributed by atoms with Crippen molar-refractivity contribution in [3.8, 4) is 11.5 Å². The quantitative estimate of drug-likeness (QED) is 0.290. The molecule has 2 heterocycles. The number of imide groups is 1. The number of aromatic hydroxyl groups is 1. The fourth-order valence-corrected chi connectivity index (χ4v) is 5.26. The molecule has 36 heavy (non-hydrogen) atoms. The Morgan fingerprint density at radius 2 is 1.89 bits per heavy atom. The van der Waals surface area contributed by atoms with E-state index in [-0.39, 0.29) is 36.5 Å². The molecule has 1 atom stereocenters. The molecular weight excluding hydrogens is 502 g/mol. The van der Waals surface area contributed by atoms with E-state index in [1.165, 1.54) is 30.2 Å². The number of phenols is 1. The zero-order chi connectivity index (χ0) is 26.3. The van der Waals surface area contributed by atoms with Gasteiger partial charge in [-0.3, -0.25) is 9.59 Å². The molecule has 1 fully saturated rings. The van der Waals surface area contributed by atoms with Crippen LogP contribution in [0.4, 0.5) is 4.79 Å². The number of nitrogens with one attached hydrogen (secondary N) is 1. The summed E-state index contributed by atoms with van der Waals surface area (Å²) in [7, 11) is 0.172. The van der Waals surface area contributed by atoms with Crippen molar-refractivity contribution in [1.29, 1.82) is 0 Å². The number of carbonyl (C=O) groups excluding carboxylic acids is 3. The van der Waals surface area contributed by atoms with Crippen LogP contribution >= 0.6 is 11.6 Å². The van der Waals surface area contributed by atoms with E-state index >= 15 is 0 Å². The molecule has 0 aromatic heterocycles. The summed E-state index contributed by atoms with van der Waals surface area (Å²) < 4.78 is 10.9. The van der Waals surface area contributed by atoms with Gasteiger partial charge >= 0.3 is 6.03 Å². The summed E-state index contributed by atoms with van der Waals surface area (Å²) in [5.74, 6) is -0.435. The minimum absolute atomic E-state index is 0.0273. The number of carbonyl (C=O) groups is 3. The van der Waals surface area contributed by atoms with Crippen LogP contribution in [0.3, 0.4) is 0 Å². The van der Waals surface area contributed by atoms with E-state index in [4.69, 9.17) is 21.1 Å². The maximum atomic E-state index is 13.8. The number of ether oxygens (including phenoxy) is 2. The number of halogens is 1. The van der Waals surface area contributed by atoms with Crippen molar-refractivity contribution in [2.24, 2.45) is 0 Å². The van der Waals surface area contributed by atoms with Gasteiger partial charge in [-0.25, -0.2) is 9.69 Å². The van der Waals surface area contributed by atoms with Crippen molar-refractivity contribution in [2.75, 3.05) is 27.0 Å². The molecule has 4 amide bonds. The molecule has 2 aliphatic heterocycles. The van der Waals surface area contributed by atoms with Gasteiger partial charge in [-0.15, -0.1) is 0 Å². The van der Waals surface area contributed by atoms with E-state index < -0.39 is 25.6 Å². The SMILES string of the molecule is COc1ccc2c(c1)C(=O)N(C[C@@]1(c3ccc(O)c(Cl)c3)NC(=O)N(COCC[Si](C)(C)C)C1=O)C2. The van der Waals surface area contributed by atoms with Crippen LogP contribution in [0, 0.1) is 0 Å². The van der Waals surface area contributed by atoms with Crippen molar-refractivity contribution < 1.29 is 29.0 Å². The molecule has 2 aromatic rings. The third-order valence-corrected chi connectivity index (χ3v) is 8.46. The Morgan fingerprint density at radius 3 is 2.56 bits per heavy atom. The highest BCUT2D eigenvalue weighted by atomic mass is 35.5. The number of hydrogen-bond acceptors (Lipinski definition) is 6. The summed E-state index contributed by atoms with van der Waals surface area (Å²) in [6, 6.07) is 9.82. The molecule has 0 radical (unpaired) electrons. The predicted molar refractivity (Wildman–Crippen MR) is 137 cm³/mol. The first-order chi connectivity index (χ1) is 16.9. The highest BCUT2D eigenvalue weighted by Crippen LogP contribution is 2.37. The molecule has 2 N–H and O–H groups in total. The third kappa shape index (κ3) is 4.93. The monoisotopic (exact) mass is 531 g/mol. The fraction of sp³-hybridized carbons (Fsp3) is 0.400. The van der Waals surface area contributed by atoms with Gasteiger partial charge in [0.15, 0.2) is 5.54 Å². The van der Waals surface area contributed by atoms with E-state index in [1.54, 1.807) is 12.1 Å². The van der Waals surface area contributed by atoms with Gasteiger partial charge in [0.05, 0.1) is 18.7 Å². The second-order valence-electron chi connectivity index (χ2n) is 10.3. The highest BCUT2D eigenvalue weighted by molar-refractivity contribution is 6.76. The van der Waals surface area contributed by atoms with E-state index in [9.17, 15) is 19.5 Å². The molecule has 2 aromatic carbocycles. The van der Waals surface area contributed by atoms with Gasteiger partial charge in [0.1, 0.15) is 18.2 Å². The van der Waals surface area contributed by atoms with Gasteiger partial charge < -0.3 is 24.8 Å². The average molecular weight is 532 g/mol. The molecule has 0 saturated carbocycles. The standard InChI is InChI=1S/C25H30ClN3O6Si/c1-34-18-7-5-16-13-28(22(31)19(16)12-18)14-25(17-6-8-21(30)20(26)11-17)23(32)29(24(33)27-25)15-35-9-10-36(2,3)4/h5-8,11-12,30H,9-10,13-15H2,1-4H3,(H,27,33)/t25-/m0/s1. The Balaban J connectivity index is 1.63. The number of rotatable bonds is 9. The number of benzene rings is 2. The lowest BCUT2D eigenvalue weighted by Gasteiger charge is -2.32. The third-order valence-electron chi connectivity index (χ3n) is 6.46. The molecule has 0 aliphatic carbocycles. The smallest absolute Gasteiger partial charge is 0.327 e. The minimum atomic E-state index is -1.60. The fourth-order valence-electron chi connectivity index (χ4n) is 4.33. The lowest BCUT2D eigenvalue weighted by atomic mass is 9.89. The van der Waals surface area contributed by atoms with Crippen molar-refractivity contribution in [1.82, 2.24) is 15.1 Å². The Labute approximate surface area is 215 Å². The summed E-state index contributed by atoms with van der Waals surface area (Å²) in [6.07, 6.45) is 0. The Kier molecular flexibility index (Phi) is 7.05. The molecule has 2 aliphatic rings. The van der Waals surface area contributed by atoms with Crippen LogP contribution in [0.15, 0.2) is 36.4 Å². The number of urea groups is 1. The summed E-state index contributed by atoms with van der Waals surface area (Å²) in [6.45, 7) is 7.01. The number of fused-ring (bicyclic) bond motifs is 1. The Morgan fingerprint density at radius 1 is 1.14 bits per heavy atom. The first kappa shape index (κ1) is 26.0. The van der Waals surface area contributed by atoms with E-state index in [2.05, 4.69) is 25.0 Å². The van der Waals surface area contributed by atoms with Crippen LogP contribution in [-0.2, 0) is 21.6 Å². The van der Waals surface area contributed by atoms with Crippen LogP contribution in [0.25, 0.3) is 0 Å². The van der Waals surface area contributed by atoms with Crippen LogP contribution in [0.5, 0.6) is 11.5 Å². The zero-order valence-electron chi connectivity index (χ0n) is 20.8. The van der Waals surface area contributed by atoms with Crippen LogP contribution in [0.1, 0.15) is 21.5 Å². The summed E-state index contributed by atoms with van der Waals surface area (Å²) in [4.78, 5) is 42.6. The zero-order valence-corrected chi connectivity index (χ0v) is 22.5. The largest absolute Gasteiger partial charge is 0.506 e. The molecule has 4 rings (SSSR count). The number of hydrogen-bond donors (Lipinski definition) is 2. The van der Waals surface area contributed by atoms with E-state index in [1.807, 2.05) is 6.07 Å². The number of phenolic OH excluding ortho intramolecular Hbond substituents is 1. The normalized spacial score (nSPS) is 19.6. The number of amides is 4. The molecule has 9 nitrogen and oxygen atoms in total.